The number of hydrogen-bond acceptors (Lipinski definition) is 3. The average Bonchev–Trinajstić information content (AvgIpc) is 2.61. The van der Waals surface area contributed by atoms with Crippen LogP contribution in [0.15, 0.2) is 42.2 Å². The second-order valence-electron chi connectivity index (χ2n) is 5.50. The molecule has 120 valence electrons. The van der Waals surface area contributed by atoms with Crippen LogP contribution in [-0.4, -0.2) is 41.2 Å². The van der Waals surface area contributed by atoms with Crippen molar-refractivity contribution in [3.63, 3.8) is 0 Å². The Morgan fingerprint density at radius 1 is 1.26 bits per heavy atom. The molecule has 2 heterocycles. The van der Waals surface area contributed by atoms with Gasteiger partial charge in [0.05, 0.1) is 18.2 Å². The number of likely N-dealkylation sites (N-methyl/N-ethyl adjacent to an activating group) is 1. The second kappa shape index (κ2) is 6.26. The highest BCUT2D eigenvalue weighted by Gasteiger charge is 2.31. The number of halogens is 2. The molecule has 7 heteroatoms. The molecule has 0 aliphatic carbocycles. The maximum absolute atomic E-state index is 12.4. The molecule has 0 bridgehead atoms. The molecule has 1 saturated heterocycles. The summed E-state index contributed by atoms with van der Waals surface area (Å²) in [6.45, 7) is 0.493. The fourth-order valence-electron chi connectivity index (χ4n) is 2.61. The summed E-state index contributed by atoms with van der Waals surface area (Å²) in [6, 6.07) is 4.93. The molecule has 1 aromatic carbocycles. The molecular weight excluding hydrogens is 337 g/mol. The zero-order valence-corrected chi connectivity index (χ0v) is 13.9. The van der Waals surface area contributed by atoms with Crippen molar-refractivity contribution in [2.75, 3.05) is 13.6 Å². The number of benzene rings is 1. The predicted octanol–water partition coefficient (Wildman–Crippen LogP) is 2.16. The second-order valence-corrected chi connectivity index (χ2v) is 6.32. The van der Waals surface area contributed by atoms with E-state index in [2.05, 4.69) is 5.32 Å². The molecule has 1 aromatic rings. The minimum atomic E-state index is -0.405. The monoisotopic (exact) mass is 351 g/mol. The predicted molar refractivity (Wildman–Crippen MR) is 88.8 cm³/mol. The minimum absolute atomic E-state index is 0.0524. The Kier molecular flexibility index (Phi) is 4.33. The van der Waals surface area contributed by atoms with Crippen LogP contribution in [-0.2, 0) is 16.1 Å². The molecule has 2 aliphatic heterocycles. The number of carbonyl (C=O) groups excluding carboxylic acids is 2. The topological polar surface area (TPSA) is 52.7 Å². The third kappa shape index (κ3) is 3.21. The van der Waals surface area contributed by atoms with Gasteiger partial charge in [0.2, 0.25) is 5.91 Å². The highest BCUT2D eigenvalue weighted by Crippen LogP contribution is 2.27. The zero-order chi connectivity index (χ0) is 16.6. The molecule has 2 amide bonds. The first-order valence-corrected chi connectivity index (χ1v) is 7.85. The first-order chi connectivity index (χ1) is 11.0. The summed E-state index contributed by atoms with van der Waals surface area (Å²) < 4.78 is 0. The van der Waals surface area contributed by atoms with E-state index in [1.54, 1.807) is 37.5 Å². The van der Waals surface area contributed by atoms with Gasteiger partial charge in [-0.1, -0.05) is 29.3 Å². The van der Waals surface area contributed by atoms with E-state index in [-0.39, 0.29) is 18.4 Å². The van der Waals surface area contributed by atoms with E-state index in [9.17, 15) is 9.59 Å². The van der Waals surface area contributed by atoms with E-state index in [1.165, 1.54) is 4.90 Å². The lowest BCUT2D eigenvalue weighted by molar-refractivity contribution is -0.130. The van der Waals surface area contributed by atoms with Gasteiger partial charge in [0, 0.05) is 41.6 Å². The molecule has 1 atom stereocenters. The van der Waals surface area contributed by atoms with E-state index >= 15 is 0 Å². The van der Waals surface area contributed by atoms with E-state index in [4.69, 9.17) is 23.2 Å². The number of nitrogens with zero attached hydrogens (tertiary/aromatic N) is 2. The normalized spacial score (nSPS) is 20.8. The van der Waals surface area contributed by atoms with Gasteiger partial charge in [-0.25, -0.2) is 0 Å². The van der Waals surface area contributed by atoms with Crippen LogP contribution in [0.2, 0.25) is 10.0 Å². The van der Waals surface area contributed by atoms with Crippen LogP contribution in [0.25, 0.3) is 0 Å². The van der Waals surface area contributed by atoms with Gasteiger partial charge in [-0.2, -0.15) is 0 Å². The van der Waals surface area contributed by atoms with Crippen molar-refractivity contribution in [1.82, 2.24) is 15.1 Å². The number of hydrogen-bond donors (Lipinski definition) is 1. The summed E-state index contributed by atoms with van der Waals surface area (Å²) in [6.07, 6.45) is 5.33. The molecule has 1 N–H and O–H groups in total. The van der Waals surface area contributed by atoms with Crippen LogP contribution in [0.4, 0.5) is 0 Å². The first kappa shape index (κ1) is 15.9. The number of fused-ring (bicyclic) bond motifs is 1. The third-order valence-electron chi connectivity index (χ3n) is 3.80. The van der Waals surface area contributed by atoms with Gasteiger partial charge in [0.1, 0.15) is 0 Å². The number of amides is 2. The Balaban J connectivity index is 1.88. The van der Waals surface area contributed by atoms with Crippen LogP contribution >= 0.6 is 23.2 Å². The number of rotatable bonds is 2. The fraction of sp³-hybridized carbons (Fsp3) is 0.250. The quantitative estimate of drug-likeness (QED) is 0.888. The van der Waals surface area contributed by atoms with Gasteiger partial charge in [-0.05, 0) is 18.2 Å². The van der Waals surface area contributed by atoms with Crippen LogP contribution < -0.4 is 5.32 Å². The Hall–Kier alpha value is -1.98. The van der Waals surface area contributed by atoms with Crippen molar-refractivity contribution in [2.24, 2.45) is 0 Å². The highest BCUT2D eigenvalue weighted by atomic mass is 35.5. The maximum Gasteiger partial charge on any atom is 0.253 e. The minimum Gasteiger partial charge on any atom is -0.349 e. The lowest BCUT2D eigenvalue weighted by Gasteiger charge is -2.26. The smallest absolute Gasteiger partial charge is 0.253 e. The lowest BCUT2D eigenvalue weighted by atomic mass is 10.0. The van der Waals surface area contributed by atoms with Gasteiger partial charge in [-0.15, -0.1) is 0 Å². The number of carbonyl (C=O) groups is 2. The van der Waals surface area contributed by atoms with E-state index in [0.717, 1.165) is 5.56 Å². The summed E-state index contributed by atoms with van der Waals surface area (Å²) in [7, 11) is 1.61. The summed E-state index contributed by atoms with van der Waals surface area (Å²) >= 11 is 12.4. The Bertz CT molecular complexity index is 710. The molecule has 1 unspecified atom stereocenters. The van der Waals surface area contributed by atoms with Gasteiger partial charge in [0.15, 0.2) is 0 Å². The molecule has 5 nitrogen and oxygen atoms in total. The largest absolute Gasteiger partial charge is 0.349 e. The molecule has 3 rings (SSSR count). The van der Waals surface area contributed by atoms with Gasteiger partial charge < -0.3 is 15.1 Å². The van der Waals surface area contributed by atoms with Gasteiger partial charge >= 0.3 is 0 Å². The Labute approximate surface area is 144 Å². The van der Waals surface area contributed by atoms with Gasteiger partial charge in [0.25, 0.3) is 5.91 Å². The molecular formula is C16H15Cl2N3O2. The van der Waals surface area contributed by atoms with Crippen molar-refractivity contribution in [2.45, 2.75) is 12.6 Å². The molecule has 23 heavy (non-hydrogen) atoms. The average molecular weight is 352 g/mol. The van der Waals surface area contributed by atoms with E-state index in [1.807, 2.05) is 11.1 Å². The van der Waals surface area contributed by atoms with Crippen LogP contribution in [0.3, 0.4) is 0 Å². The lowest BCUT2D eigenvalue weighted by Crippen LogP contribution is -2.37. The van der Waals surface area contributed by atoms with Crippen molar-refractivity contribution in [1.29, 1.82) is 0 Å². The maximum atomic E-state index is 12.4. The summed E-state index contributed by atoms with van der Waals surface area (Å²) in [5.74, 6) is -0.352. The molecule has 0 aromatic heterocycles. The Morgan fingerprint density at radius 3 is 2.65 bits per heavy atom. The van der Waals surface area contributed by atoms with Crippen molar-refractivity contribution in [3.05, 3.63) is 57.9 Å². The van der Waals surface area contributed by atoms with Gasteiger partial charge in [-0.3, -0.25) is 9.59 Å². The first-order valence-electron chi connectivity index (χ1n) is 7.09. The Morgan fingerprint density at radius 2 is 1.96 bits per heavy atom. The third-order valence-corrected chi connectivity index (χ3v) is 4.51. The van der Waals surface area contributed by atoms with Crippen LogP contribution in [0.5, 0.6) is 0 Å². The van der Waals surface area contributed by atoms with Crippen LogP contribution in [0, 0.1) is 0 Å². The fourth-order valence-corrected chi connectivity index (χ4v) is 3.12. The van der Waals surface area contributed by atoms with Crippen molar-refractivity contribution < 1.29 is 9.59 Å². The van der Waals surface area contributed by atoms with Crippen molar-refractivity contribution in [3.8, 4) is 0 Å². The summed E-state index contributed by atoms with van der Waals surface area (Å²) in [5, 5.41) is 3.96. The SMILES string of the molecule is CN1CC(=O)NC2C=CN(Cc3c(Cl)cccc3Cl)C=C2C1=O. The summed E-state index contributed by atoms with van der Waals surface area (Å²) in [5.41, 5.74) is 1.30. The standard InChI is InChI=1S/C16H15Cl2N3O2/c1-20-9-15(22)19-14-5-6-21(8-11(14)16(20)23)7-10-12(17)3-2-4-13(10)18/h2-6,8,14H,7,9H2,1H3,(H,19,22). The highest BCUT2D eigenvalue weighted by molar-refractivity contribution is 6.35. The molecule has 0 saturated carbocycles. The molecule has 1 fully saturated rings. The summed E-state index contributed by atoms with van der Waals surface area (Å²) in [4.78, 5) is 27.4. The molecule has 0 spiro atoms. The molecule has 0 radical (unpaired) electrons. The number of nitrogens with one attached hydrogen (secondary N) is 1. The molecule has 2 aliphatic rings. The van der Waals surface area contributed by atoms with E-state index in [0.29, 0.717) is 22.2 Å². The van der Waals surface area contributed by atoms with Crippen LogP contribution in [0.1, 0.15) is 5.56 Å². The van der Waals surface area contributed by atoms with E-state index < -0.39 is 6.04 Å². The zero-order valence-electron chi connectivity index (χ0n) is 12.4. The van der Waals surface area contributed by atoms with Crippen molar-refractivity contribution >= 4 is 35.0 Å².